The molecule has 1 aliphatic carbocycles. The monoisotopic (exact) mass is 233 g/mol. The summed E-state index contributed by atoms with van der Waals surface area (Å²) in [6.07, 6.45) is 4.55. The summed E-state index contributed by atoms with van der Waals surface area (Å²) in [4.78, 5) is 0. The molecule has 2 unspecified atom stereocenters. The maximum atomic E-state index is 6.02. The third-order valence-corrected chi connectivity index (χ3v) is 3.66. The minimum atomic E-state index is 0.219. The van der Waals surface area contributed by atoms with Gasteiger partial charge < -0.3 is 15.2 Å². The van der Waals surface area contributed by atoms with E-state index in [0.717, 1.165) is 44.6 Å². The molecular weight excluding hydrogens is 214 g/mol. The van der Waals surface area contributed by atoms with Crippen molar-refractivity contribution >= 4 is 0 Å². The fourth-order valence-electron chi connectivity index (χ4n) is 2.70. The summed E-state index contributed by atoms with van der Waals surface area (Å²) in [6.45, 7) is 1.59. The second-order valence-corrected chi connectivity index (χ2v) is 4.96. The van der Waals surface area contributed by atoms with E-state index >= 15 is 0 Å². The Labute approximate surface area is 102 Å². The van der Waals surface area contributed by atoms with Gasteiger partial charge >= 0.3 is 0 Å². The smallest absolute Gasteiger partial charge is 0.122 e. The van der Waals surface area contributed by atoms with Crippen LogP contribution in [0.1, 0.15) is 36.4 Å². The van der Waals surface area contributed by atoms with Crippen molar-refractivity contribution in [1.29, 1.82) is 0 Å². The van der Waals surface area contributed by atoms with Crippen LogP contribution in [0.3, 0.4) is 0 Å². The number of hydrogen-bond acceptors (Lipinski definition) is 3. The summed E-state index contributed by atoms with van der Waals surface area (Å²) < 4.78 is 11.4. The molecule has 3 nitrogen and oxygen atoms in total. The van der Waals surface area contributed by atoms with Gasteiger partial charge in [-0.3, -0.25) is 0 Å². The predicted octanol–water partition coefficient (Wildman–Crippen LogP) is 2.19. The fourth-order valence-corrected chi connectivity index (χ4v) is 2.70. The van der Waals surface area contributed by atoms with Crippen LogP contribution in [0.15, 0.2) is 18.2 Å². The second-order valence-electron chi connectivity index (χ2n) is 4.96. The molecule has 1 fully saturated rings. The quantitative estimate of drug-likeness (QED) is 0.851. The molecule has 0 bridgehead atoms. The topological polar surface area (TPSA) is 44.5 Å². The van der Waals surface area contributed by atoms with Crippen LogP contribution in [-0.4, -0.2) is 19.3 Å². The van der Waals surface area contributed by atoms with E-state index in [0.29, 0.717) is 0 Å². The van der Waals surface area contributed by atoms with Crippen LogP contribution in [0, 0.1) is 0 Å². The zero-order valence-electron chi connectivity index (χ0n) is 10.0. The molecule has 1 saturated heterocycles. The van der Waals surface area contributed by atoms with Crippen LogP contribution >= 0.6 is 0 Å². The highest BCUT2D eigenvalue weighted by molar-refractivity contribution is 5.40. The van der Waals surface area contributed by atoms with Gasteiger partial charge in [-0.1, -0.05) is 6.07 Å². The molecule has 1 aromatic rings. The van der Waals surface area contributed by atoms with Gasteiger partial charge in [0, 0.05) is 12.6 Å². The van der Waals surface area contributed by atoms with Crippen molar-refractivity contribution in [2.45, 2.75) is 37.8 Å². The summed E-state index contributed by atoms with van der Waals surface area (Å²) in [5, 5.41) is 0. The number of aryl methyl sites for hydroxylation is 1. The standard InChI is InChI=1S/C14H19NO2/c15-14-6-3-10-8-11(4-5-13(10)14)17-12-2-1-7-16-9-12/h4-5,8,12,14H,1-3,6-7,9,15H2. The molecule has 2 atom stereocenters. The van der Waals surface area contributed by atoms with Crippen LogP contribution < -0.4 is 10.5 Å². The summed E-state index contributed by atoms with van der Waals surface area (Å²) in [7, 11) is 0. The Balaban J connectivity index is 1.71. The van der Waals surface area contributed by atoms with Crippen molar-refractivity contribution in [3.63, 3.8) is 0 Å². The Hall–Kier alpha value is -1.06. The first kappa shape index (κ1) is 11.1. The molecule has 0 amide bonds. The van der Waals surface area contributed by atoms with E-state index in [1.165, 1.54) is 11.1 Å². The first-order chi connectivity index (χ1) is 8.33. The molecule has 2 N–H and O–H groups in total. The lowest BCUT2D eigenvalue weighted by Crippen LogP contribution is -2.28. The third kappa shape index (κ3) is 2.31. The van der Waals surface area contributed by atoms with Gasteiger partial charge in [0.15, 0.2) is 0 Å². The molecule has 0 saturated carbocycles. The lowest BCUT2D eigenvalue weighted by Gasteiger charge is -2.23. The van der Waals surface area contributed by atoms with E-state index in [1.54, 1.807) is 0 Å². The number of rotatable bonds is 2. The fraction of sp³-hybridized carbons (Fsp3) is 0.571. The van der Waals surface area contributed by atoms with Crippen molar-refractivity contribution in [2.24, 2.45) is 5.73 Å². The van der Waals surface area contributed by atoms with Gasteiger partial charge in [-0.25, -0.2) is 0 Å². The molecule has 1 heterocycles. The van der Waals surface area contributed by atoms with E-state index in [2.05, 4.69) is 12.1 Å². The Morgan fingerprint density at radius 3 is 3.06 bits per heavy atom. The van der Waals surface area contributed by atoms with Gasteiger partial charge in [0.1, 0.15) is 11.9 Å². The van der Waals surface area contributed by atoms with Crippen LogP contribution in [0.5, 0.6) is 5.75 Å². The number of hydrogen-bond donors (Lipinski definition) is 1. The SMILES string of the molecule is NC1CCc2cc(OC3CCCOC3)ccc21. The largest absolute Gasteiger partial charge is 0.488 e. The van der Waals surface area contributed by atoms with Crippen LogP contribution in [0.2, 0.25) is 0 Å². The Morgan fingerprint density at radius 1 is 1.29 bits per heavy atom. The van der Waals surface area contributed by atoms with Crippen molar-refractivity contribution in [1.82, 2.24) is 0 Å². The molecule has 17 heavy (non-hydrogen) atoms. The van der Waals surface area contributed by atoms with Gasteiger partial charge in [-0.2, -0.15) is 0 Å². The zero-order valence-corrected chi connectivity index (χ0v) is 10.0. The highest BCUT2D eigenvalue weighted by atomic mass is 16.5. The van der Waals surface area contributed by atoms with E-state index in [-0.39, 0.29) is 12.1 Å². The first-order valence-electron chi connectivity index (χ1n) is 6.46. The maximum absolute atomic E-state index is 6.02. The highest BCUT2D eigenvalue weighted by Gasteiger charge is 2.20. The maximum Gasteiger partial charge on any atom is 0.122 e. The predicted molar refractivity (Wildman–Crippen MR) is 66.2 cm³/mol. The first-order valence-corrected chi connectivity index (χ1v) is 6.46. The summed E-state index contributed by atoms with van der Waals surface area (Å²) in [6, 6.07) is 6.53. The summed E-state index contributed by atoms with van der Waals surface area (Å²) in [5.74, 6) is 0.966. The summed E-state index contributed by atoms with van der Waals surface area (Å²) >= 11 is 0. The summed E-state index contributed by atoms with van der Waals surface area (Å²) in [5.41, 5.74) is 8.66. The molecule has 3 heteroatoms. The molecular formula is C14H19NO2. The number of nitrogens with two attached hydrogens (primary N) is 1. The number of fused-ring (bicyclic) bond motifs is 1. The van der Waals surface area contributed by atoms with Crippen molar-refractivity contribution < 1.29 is 9.47 Å². The van der Waals surface area contributed by atoms with Gasteiger partial charge in [0.05, 0.1) is 6.61 Å². The van der Waals surface area contributed by atoms with Crippen LogP contribution in [0.25, 0.3) is 0 Å². The lowest BCUT2D eigenvalue weighted by atomic mass is 10.1. The van der Waals surface area contributed by atoms with E-state index < -0.39 is 0 Å². The normalized spacial score (nSPS) is 27.8. The molecule has 3 rings (SSSR count). The number of ether oxygens (including phenoxy) is 2. The minimum Gasteiger partial charge on any atom is -0.488 e. The van der Waals surface area contributed by atoms with E-state index in [4.69, 9.17) is 15.2 Å². The average Bonchev–Trinajstić information content (AvgIpc) is 2.72. The average molecular weight is 233 g/mol. The molecule has 2 aliphatic rings. The van der Waals surface area contributed by atoms with Gasteiger partial charge in [-0.05, 0) is 48.9 Å². The van der Waals surface area contributed by atoms with Gasteiger partial charge in [0.25, 0.3) is 0 Å². The van der Waals surface area contributed by atoms with Crippen LogP contribution in [0.4, 0.5) is 0 Å². The second kappa shape index (κ2) is 4.67. The molecule has 0 spiro atoms. The molecule has 0 aromatic heterocycles. The van der Waals surface area contributed by atoms with Crippen molar-refractivity contribution in [3.8, 4) is 5.75 Å². The number of benzene rings is 1. The van der Waals surface area contributed by atoms with Gasteiger partial charge in [0.2, 0.25) is 0 Å². The Bertz CT molecular complexity index is 399. The molecule has 0 radical (unpaired) electrons. The van der Waals surface area contributed by atoms with Crippen molar-refractivity contribution in [2.75, 3.05) is 13.2 Å². The Morgan fingerprint density at radius 2 is 2.24 bits per heavy atom. The van der Waals surface area contributed by atoms with E-state index in [1.807, 2.05) is 6.07 Å². The molecule has 92 valence electrons. The van der Waals surface area contributed by atoms with Crippen LogP contribution in [-0.2, 0) is 11.2 Å². The molecule has 1 aromatic carbocycles. The molecule has 1 aliphatic heterocycles. The lowest BCUT2D eigenvalue weighted by molar-refractivity contribution is 0.00740. The third-order valence-electron chi connectivity index (χ3n) is 3.66. The van der Waals surface area contributed by atoms with E-state index in [9.17, 15) is 0 Å². The zero-order chi connectivity index (χ0) is 11.7. The minimum absolute atomic E-state index is 0.219. The highest BCUT2D eigenvalue weighted by Crippen LogP contribution is 2.32. The van der Waals surface area contributed by atoms with Gasteiger partial charge in [-0.15, -0.1) is 0 Å². The Kier molecular flexibility index (Phi) is 3.04. The van der Waals surface area contributed by atoms with Crippen molar-refractivity contribution in [3.05, 3.63) is 29.3 Å².